The van der Waals surface area contributed by atoms with Crippen molar-refractivity contribution in [2.24, 2.45) is 0 Å². The van der Waals surface area contributed by atoms with Crippen LogP contribution in [0.5, 0.6) is 11.5 Å². The lowest BCUT2D eigenvalue weighted by molar-refractivity contribution is -0.354. The maximum Gasteiger partial charge on any atom is 0.380 e. The molecule has 3 nitrogen and oxygen atoms in total. The van der Waals surface area contributed by atoms with Crippen LogP contribution in [0.3, 0.4) is 0 Å². The van der Waals surface area contributed by atoms with Gasteiger partial charge in [-0.25, -0.2) is 8.78 Å². The van der Waals surface area contributed by atoms with Gasteiger partial charge in [0.15, 0.2) is 11.5 Å². The maximum absolute atomic E-state index is 13.3. The number of benzene rings is 1. The van der Waals surface area contributed by atoms with E-state index in [4.69, 9.17) is 9.47 Å². The lowest BCUT2D eigenvalue weighted by Crippen LogP contribution is -2.59. The Hall–Kier alpha value is -1.78. The zero-order valence-electron chi connectivity index (χ0n) is 11.8. The monoisotopic (exact) mass is 366 g/mol. The minimum atomic E-state index is -6.34. The lowest BCUT2D eigenvalue weighted by Gasteiger charge is -2.32. The topological polar surface area (TPSA) is 27.7 Å². The first-order valence-electron chi connectivity index (χ1n) is 6.35. The first kappa shape index (κ1) is 18.6. The second kappa shape index (κ2) is 5.94. The summed E-state index contributed by atoms with van der Waals surface area (Å²) in [5, 5.41) is 0. The Balaban J connectivity index is 2.04. The van der Waals surface area contributed by atoms with Crippen molar-refractivity contribution in [3.05, 3.63) is 23.8 Å². The molecule has 0 spiro atoms. The fourth-order valence-electron chi connectivity index (χ4n) is 1.75. The molecule has 1 unspecified atom stereocenters. The van der Waals surface area contributed by atoms with Gasteiger partial charge in [-0.15, -0.1) is 0 Å². The molecule has 2 rings (SSSR count). The van der Waals surface area contributed by atoms with Gasteiger partial charge in [-0.3, -0.25) is 0 Å². The second-order valence-corrected chi connectivity index (χ2v) is 4.99. The SMILES string of the molecule is Cc1ccc2c(c1)OC(OCC(F)(F)C(F)(F)C(F)(F)C(F)F)O2. The summed E-state index contributed by atoms with van der Waals surface area (Å²) in [5.74, 6) is -18.1. The van der Waals surface area contributed by atoms with Crippen molar-refractivity contribution in [1.29, 1.82) is 0 Å². The number of halogens is 8. The first-order chi connectivity index (χ1) is 10.9. The van der Waals surface area contributed by atoms with E-state index in [0.29, 0.717) is 5.56 Å². The van der Waals surface area contributed by atoms with Crippen LogP contribution in [-0.2, 0) is 4.74 Å². The molecule has 24 heavy (non-hydrogen) atoms. The van der Waals surface area contributed by atoms with Gasteiger partial charge in [-0.1, -0.05) is 6.07 Å². The Morgan fingerprint density at radius 1 is 1.04 bits per heavy atom. The molecule has 0 bridgehead atoms. The lowest BCUT2D eigenvalue weighted by atomic mass is 10.1. The normalized spacial score (nSPS) is 18.3. The van der Waals surface area contributed by atoms with Crippen LogP contribution in [0, 0.1) is 6.92 Å². The summed E-state index contributed by atoms with van der Waals surface area (Å²) in [4.78, 5) is 0. The van der Waals surface area contributed by atoms with E-state index in [1.807, 2.05) is 0 Å². The zero-order valence-corrected chi connectivity index (χ0v) is 11.8. The van der Waals surface area contributed by atoms with Gasteiger partial charge in [0.05, 0.1) is 0 Å². The minimum Gasteiger partial charge on any atom is -0.428 e. The molecule has 1 aromatic rings. The highest BCUT2D eigenvalue weighted by molar-refractivity contribution is 5.44. The molecular formula is C13H10F8O3. The summed E-state index contributed by atoms with van der Waals surface area (Å²) in [7, 11) is 0. The van der Waals surface area contributed by atoms with Gasteiger partial charge in [0.1, 0.15) is 6.61 Å². The molecule has 0 saturated heterocycles. The highest BCUT2D eigenvalue weighted by atomic mass is 19.4. The number of rotatable bonds is 6. The molecule has 0 saturated carbocycles. The van der Waals surface area contributed by atoms with Crippen molar-refractivity contribution in [3.63, 3.8) is 0 Å². The predicted molar refractivity (Wildman–Crippen MR) is 63.0 cm³/mol. The van der Waals surface area contributed by atoms with Gasteiger partial charge < -0.3 is 14.2 Å². The number of ether oxygens (including phenoxy) is 3. The molecule has 0 fully saturated rings. The average molecular weight is 366 g/mol. The van der Waals surface area contributed by atoms with Crippen molar-refractivity contribution >= 4 is 0 Å². The molecular weight excluding hydrogens is 356 g/mol. The van der Waals surface area contributed by atoms with Crippen LogP contribution in [0.15, 0.2) is 18.2 Å². The largest absolute Gasteiger partial charge is 0.428 e. The van der Waals surface area contributed by atoms with Gasteiger partial charge >= 0.3 is 30.7 Å². The molecule has 1 heterocycles. The maximum atomic E-state index is 13.3. The van der Waals surface area contributed by atoms with Crippen molar-refractivity contribution < 1.29 is 49.3 Å². The van der Waals surface area contributed by atoms with Gasteiger partial charge in [-0.2, -0.15) is 26.3 Å². The molecule has 1 aliphatic rings. The summed E-state index contributed by atoms with van der Waals surface area (Å²) >= 11 is 0. The molecule has 1 atom stereocenters. The third-order valence-corrected chi connectivity index (χ3v) is 3.10. The summed E-state index contributed by atoms with van der Waals surface area (Å²) in [6.45, 7) is -2.55. The third kappa shape index (κ3) is 3.08. The molecule has 0 radical (unpaired) electrons. The molecule has 0 N–H and O–H groups in total. The number of alkyl halides is 8. The van der Waals surface area contributed by atoms with E-state index < -0.39 is 37.3 Å². The summed E-state index contributed by atoms with van der Waals surface area (Å²) in [6, 6.07) is 4.37. The number of aryl methyl sites for hydroxylation is 1. The van der Waals surface area contributed by atoms with Crippen molar-refractivity contribution in [2.75, 3.05) is 6.61 Å². The van der Waals surface area contributed by atoms with Gasteiger partial charge in [0.2, 0.25) is 0 Å². The van der Waals surface area contributed by atoms with Gasteiger partial charge in [0.25, 0.3) is 0 Å². The van der Waals surface area contributed by atoms with Crippen LogP contribution >= 0.6 is 0 Å². The smallest absolute Gasteiger partial charge is 0.380 e. The van der Waals surface area contributed by atoms with Crippen LogP contribution in [0.2, 0.25) is 0 Å². The van der Waals surface area contributed by atoms with Crippen LogP contribution in [0.1, 0.15) is 5.56 Å². The van der Waals surface area contributed by atoms with Crippen molar-refractivity contribution in [2.45, 2.75) is 37.6 Å². The fourth-order valence-corrected chi connectivity index (χ4v) is 1.75. The van der Waals surface area contributed by atoms with Crippen LogP contribution in [0.25, 0.3) is 0 Å². The quantitative estimate of drug-likeness (QED) is 0.705. The Labute approximate surface area is 130 Å². The number of fused-ring (bicyclic) bond motifs is 1. The summed E-state index contributed by atoms with van der Waals surface area (Å²) in [5.41, 5.74) is 0.700. The van der Waals surface area contributed by atoms with Crippen molar-refractivity contribution in [1.82, 2.24) is 0 Å². The molecule has 1 aliphatic heterocycles. The molecule has 11 heteroatoms. The van der Waals surface area contributed by atoms with E-state index >= 15 is 0 Å². The summed E-state index contributed by atoms with van der Waals surface area (Å²) < 4.78 is 116. The first-order valence-corrected chi connectivity index (χ1v) is 6.35. The Morgan fingerprint density at radius 3 is 2.21 bits per heavy atom. The van der Waals surface area contributed by atoms with Gasteiger partial charge in [-0.05, 0) is 24.6 Å². The molecule has 0 aromatic heterocycles. The van der Waals surface area contributed by atoms with E-state index in [2.05, 4.69) is 4.74 Å². The Bertz CT molecular complexity index is 605. The Kier molecular flexibility index (Phi) is 4.59. The third-order valence-electron chi connectivity index (χ3n) is 3.10. The molecule has 1 aromatic carbocycles. The van der Waals surface area contributed by atoms with E-state index in [1.54, 1.807) is 13.0 Å². The standard InChI is InChI=1S/C13H10F8O3/c1-6-2-3-7-8(4-6)24-10(23-7)22-5-11(16,17)13(20,21)12(18,19)9(14)15/h2-4,9-10H,5H2,1H3. The van der Waals surface area contributed by atoms with Gasteiger partial charge in [0, 0.05) is 0 Å². The van der Waals surface area contributed by atoms with E-state index in [0.717, 1.165) is 0 Å². The molecule has 0 aliphatic carbocycles. The number of hydrogen-bond donors (Lipinski definition) is 0. The van der Waals surface area contributed by atoms with Crippen LogP contribution in [0.4, 0.5) is 35.1 Å². The highest BCUT2D eigenvalue weighted by Crippen LogP contribution is 2.48. The van der Waals surface area contributed by atoms with Crippen LogP contribution in [-0.4, -0.2) is 37.3 Å². The molecule has 136 valence electrons. The predicted octanol–water partition coefficient (Wildman–Crippen LogP) is 4.24. The fraction of sp³-hybridized carbons (Fsp3) is 0.538. The zero-order chi connectivity index (χ0) is 18.3. The minimum absolute atomic E-state index is 0.0542. The van der Waals surface area contributed by atoms with E-state index in [-0.39, 0.29) is 11.5 Å². The van der Waals surface area contributed by atoms with E-state index in [1.165, 1.54) is 12.1 Å². The number of hydrogen-bond acceptors (Lipinski definition) is 3. The highest BCUT2D eigenvalue weighted by Gasteiger charge is 2.75. The molecule has 0 amide bonds. The summed E-state index contributed by atoms with van der Waals surface area (Å²) in [6.07, 6.45) is -4.98. The van der Waals surface area contributed by atoms with Crippen LogP contribution < -0.4 is 9.47 Å². The van der Waals surface area contributed by atoms with Crippen molar-refractivity contribution in [3.8, 4) is 11.5 Å². The Morgan fingerprint density at radius 2 is 1.62 bits per heavy atom. The van der Waals surface area contributed by atoms with E-state index in [9.17, 15) is 35.1 Å². The average Bonchev–Trinajstić information content (AvgIpc) is 2.86. The second-order valence-electron chi connectivity index (χ2n) is 4.99.